The summed E-state index contributed by atoms with van der Waals surface area (Å²) in [5.41, 5.74) is 3.70. The molecule has 150 valence electrons. The minimum atomic E-state index is 0.0934. The van der Waals surface area contributed by atoms with Crippen molar-refractivity contribution in [2.24, 2.45) is 0 Å². The van der Waals surface area contributed by atoms with Gasteiger partial charge in [0.25, 0.3) is 5.91 Å². The van der Waals surface area contributed by atoms with Crippen molar-refractivity contribution in [3.05, 3.63) is 83.2 Å². The molecule has 0 unspecified atom stereocenters. The molecule has 3 heterocycles. The lowest BCUT2D eigenvalue weighted by atomic mass is 10.1. The van der Waals surface area contributed by atoms with E-state index in [4.69, 9.17) is 4.98 Å². The van der Waals surface area contributed by atoms with Gasteiger partial charge >= 0.3 is 0 Å². The largest absolute Gasteiger partial charge is 0.368 e. The number of thiophene rings is 1. The zero-order valence-corrected chi connectivity index (χ0v) is 17.7. The molecule has 2 aromatic carbocycles. The van der Waals surface area contributed by atoms with Gasteiger partial charge in [0, 0.05) is 42.1 Å². The van der Waals surface area contributed by atoms with Crippen LogP contribution in [-0.2, 0) is 0 Å². The minimum absolute atomic E-state index is 0.0934. The molecule has 4 nitrogen and oxygen atoms in total. The first-order valence-electron chi connectivity index (χ1n) is 10.2. The second kappa shape index (κ2) is 7.92. The van der Waals surface area contributed by atoms with Crippen molar-refractivity contribution < 1.29 is 4.79 Å². The molecule has 1 fully saturated rings. The molecule has 1 amide bonds. The van der Waals surface area contributed by atoms with E-state index in [0.717, 1.165) is 53.2 Å². The highest BCUT2D eigenvalue weighted by atomic mass is 32.1. The van der Waals surface area contributed by atoms with Crippen LogP contribution in [0.1, 0.15) is 15.2 Å². The van der Waals surface area contributed by atoms with Gasteiger partial charge in [-0.25, -0.2) is 4.98 Å². The number of para-hydroxylation sites is 2. The average Bonchev–Trinajstić information content (AvgIpc) is 3.25. The van der Waals surface area contributed by atoms with Gasteiger partial charge in [-0.1, -0.05) is 36.4 Å². The van der Waals surface area contributed by atoms with Crippen molar-refractivity contribution in [1.82, 2.24) is 9.88 Å². The Morgan fingerprint density at radius 2 is 1.63 bits per heavy atom. The van der Waals surface area contributed by atoms with Crippen molar-refractivity contribution in [3.63, 3.8) is 0 Å². The van der Waals surface area contributed by atoms with Crippen LogP contribution in [0.3, 0.4) is 0 Å². The predicted molar refractivity (Wildman–Crippen MR) is 124 cm³/mol. The summed E-state index contributed by atoms with van der Waals surface area (Å²) >= 11 is 1.71. The Hall–Kier alpha value is -3.18. The Morgan fingerprint density at radius 1 is 0.900 bits per heavy atom. The molecule has 0 radical (unpaired) electrons. The summed E-state index contributed by atoms with van der Waals surface area (Å²) in [5, 5.41) is 0.921. The number of carbonyl (C=O) groups is 1. The second-order valence-electron chi connectivity index (χ2n) is 7.60. The summed E-state index contributed by atoms with van der Waals surface area (Å²) in [6.45, 7) is 5.22. The molecule has 0 saturated carbocycles. The lowest BCUT2D eigenvalue weighted by Gasteiger charge is -2.36. The molecule has 1 aliphatic rings. The van der Waals surface area contributed by atoms with Crippen LogP contribution in [0.5, 0.6) is 0 Å². The van der Waals surface area contributed by atoms with Crippen LogP contribution in [-0.4, -0.2) is 42.0 Å². The predicted octanol–water partition coefficient (Wildman–Crippen LogP) is 5.23. The third-order valence-electron chi connectivity index (χ3n) is 5.63. The number of nitrogens with zero attached hydrogens (tertiary/aromatic N) is 3. The highest BCUT2D eigenvalue weighted by Crippen LogP contribution is 2.30. The average molecular weight is 414 g/mol. The van der Waals surface area contributed by atoms with Gasteiger partial charge in [0.2, 0.25) is 0 Å². The van der Waals surface area contributed by atoms with Gasteiger partial charge < -0.3 is 9.80 Å². The number of carbonyl (C=O) groups excluding carboxylic acids is 1. The molecule has 1 saturated heterocycles. The van der Waals surface area contributed by atoms with E-state index in [-0.39, 0.29) is 5.91 Å². The van der Waals surface area contributed by atoms with Crippen LogP contribution in [0.2, 0.25) is 0 Å². The first-order chi connectivity index (χ1) is 14.7. The Labute approximate surface area is 180 Å². The molecule has 0 aliphatic carbocycles. The van der Waals surface area contributed by atoms with Crippen molar-refractivity contribution >= 4 is 33.8 Å². The zero-order chi connectivity index (χ0) is 20.5. The fourth-order valence-corrected chi connectivity index (χ4v) is 4.86. The number of hydrogen-bond donors (Lipinski definition) is 0. The van der Waals surface area contributed by atoms with Gasteiger partial charge in [-0.15, -0.1) is 11.3 Å². The topological polar surface area (TPSA) is 36.4 Å². The fourth-order valence-electron chi connectivity index (χ4n) is 4.03. The molecule has 2 aromatic heterocycles. The lowest BCUT2D eigenvalue weighted by Crippen LogP contribution is -2.48. The number of hydrogen-bond acceptors (Lipinski definition) is 4. The fraction of sp³-hybridized carbons (Fsp3) is 0.200. The van der Waals surface area contributed by atoms with Crippen molar-refractivity contribution in [2.45, 2.75) is 6.92 Å². The number of aromatic nitrogens is 1. The Bertz CT molecular complexity index is 1190. The van der Waals surface area contributed by atoms with E-state index >= 15 is 0 Å². The van der Waals surface area contributed by atoms with Gasteiger partial charge in [-0.3, -0.25) is 4.79 Å². The first-order valence-corrected chi connectivity index (χ1v) is 11.1. The summed E-state index contributed by atoms with van der Waals surface area (Å²) in [6.07, 6.45) is 0. The van der Waals surface area contributed by atoms with Gasteiger partial charge in [-0.05, 0) is 43.3 Å². The molecule has 5 rings (SSSR count). The SMILES string of the molecule is Cc1ccc(-c2cc(C(=O)N3CCN(c4ccccc4)CC3)c3ccccc3n2)s1. The highest BCUT2D eigenvalue weighted by molar-refractivity contribution is 7.15. The number of fused-ring (bicyclic) bond motifs is 1. The maximum absolute atomic E-state index is 13.5. The number of anilines is 1. The van der Waals surface area contributed by atoms with E-state index in [0.29, 0.717) is 0 Å². The van der Waals surface area contributed by atoms with Crippen LogP contribution in [0.4, 0.5) is 5.69 Å². The van der Waals surface area contributed by atoms with Crippen molar-refractivity contribution in [3.8, 4) is 10.6 Å². The molecule has 0 bridgehead atoms. The summed E-state index contributed by atoms with van der Waals surface area (Å²) in [6, 6.07) is 24.5. The van der Waals surface area contributed by atoms with Crippen LogP contribution in [0.15, 0.2) is 72.8 Å². The Kier molecular flexibility index (Phi) is 4.97. The molecule has 4 aromatic rings. The quantitative estimate of drug-likeness (QED) is 0.461. The molecule has 0 atom stereocenters. The number of pyridine rings is 1. The maximum Gasteiger partial charge on any atom is 0.254 e. The van der Waals surface area contributed by atoms with E-state index in [2.05, 4.69) is 48.2 Å². The van der Waals surface area contributed by atoms with Crippen LogP contribution >= 0.6 is 11.3 Å². The summed E-state index contributed by atoms with van der Waals surface area (Å²) < 4.78 is 0. The molecule has 1 aliphatic heterocycles. The van der Waals surface area contributed by atoms with Gasteiger partial charge in [0.1, 0.15) is 0 Å². The number of benzene rings is 2. The Balaban J connectivity index is 1.45. The molecule has 30 heavy (non-hydrogen) atoms. The number of rotatable bonds is 3. The van der Waals surface area contributed by atoms with Crippen LogP contribution in [0, 0.1) is 6.92 Å². The standard InChI is InChI=1S/C25H23N3OS/c1-18-11-12-24(30-18)23-17-21(20-9-5-6-10-22(20)26-23)25(29)28-15-13-27(14-16-28)19-7-3-2-4-8-19/h2-12,17H,13-16H2,1H3. The van der Waals surface area contributed by atoms with Gasteiger partial charge in [0.05, 0.1) is 21.7 Å². The van der Waals surface area contributed by atoms with E-state index in [9.17, 15) is 4.79 Å². The summed E-state index contributed by atoms with van der Waals surface area (Å²) in [4.78, 5) is 25.0. The van der Waals surface area contributed by atoms with Crippen molar-refractivity contribution in [2.75, 3.05) is 31.1 Å². The minimum Gasteiger partial charge on any atom is -0.368 e. The van der Waals surface area contributed by atoms with Crippen LogP contribution < -0.4 is 4.90 Å². The van der Waals surface area contributed by atoms with E-state index in [1.165, 1.54) is 10.6 Å². The first kappa shape index (κ1) is 18.8. The smallest absolute Gasteiger partial charge is 0.254 e. The van der Waals surface area contributed by atoms with E-state index in [1.807, 2.05) is 41.3 Å². The monoisotopic (exact) mass is 413 g/mol. The molecular formula is C25H23N3OS. The number of amides is 1. The third-order valence-corrected chi connectivity index (χ3v) is 6.65. The van der Waals surface area contributed by atoms with E-state index < -0.39 is 0 Å². The molecular weight excluding hydrogens is 390 g/mol. The molecule has 0 spiro atoms. The molecule has 0 N–H and O–H groups in total. The van der Waals surface area contributed by atoms with Gasteiger partial charge in [0.15, 0.2) is 0 Å². The Morgan fingerprint density at radius 3 is 2.37 bits per heavy atom. The third kappa shape index (κ3) is 3.57. The lowest BCUT2D eigenvalue weighted by molar-refractivity contribution is 0.0748. The van der Waals surface area contributed by atoms with E-state index in [1.54, 1.807) is 11.3 Å². The second-order valence-corrected chi connectivity index (χ2v) is 8.89. The maximum atomic E-state index is 13.5. The highest BCUT2D eigenvalue weighted by Gasteiger charge is 2.24. The number of aryl methyl sites for hydroxylation is 1. The normalized spacial score (nSPS) is 14.3. The van der Waals surface area contributed by atoms with Gasteiger partial charge in [-0.2, -0.15) is 0 Å². The summed E-state index contributed by atoms with van der Waals surface area (Å²) in [7, 11) is 0. The summed E-state index contributed by atoms with van der Waals surface area (Å²) in [5.74, 6) is 0.0934. The number of piperazine rings is 1. The zero-order valence-electron chi connectivity index (χ0n) is 16.9. The van der Waals surface area contributed by atoms with Crippen LogP contribution in [0.25, 0.3) is 21.5 Å². The molecule has 5 heteroatoms. The van der Waals surface area contributed by atoms with Crippen molar-refractivity contribution in [1.29, 1.82) is 0 Å².